The second-order valence-electron chi connectivity index (χ2n) is 8.28. The van der Waals surface area contributed by atoms with Crippen molar-refractivity contribution in [3.05, 3.63) is 83.9 Å². The highest BCUT2D eigenvalue weighted by atomic mass is 35.5. The van der Waals surface area contributed by atoms with Gasteiger partial charge in [0.15, 0.2) is 0 Å². The molecule has 0 aromatic heterocycles. The number of anilines is 3. The molecule has 0 bridgehead atoms. The molecule has 5 rings (SSSR count). The fraction of sp³-hybridized carbons (Fsp3) is 0.308. The van der Waals surface area contributed by atoms with E-state index in [-0.39, 0.29) is 24.8 Å². The fourth-order valence-electron chi connectivity index (χ4n) is 4.81. The van der Waals surface area contributed by atoms with E-state index in [0.717, 1.165) is 37.5 Å². The van der Waals surface area contributed by atoms with Gasteiger partial charge in [0.2, 0.25) is 0 Å². The second-order valence-corrected chi connectivity index (χ2v) is 8.28. The Balaban J connectivity index is 0.00000144. The van der Waals surface area contributed by atoms with Crippen LogP contribution in [0, 0.1) is 0 Å². The van der Waals surface area contributed by atoms with Gasteiger partial charge in [-0.1, -0.05) is 48.5 Å². The summed E-state index contributed by atoms with van der Waals surface area (Å²) in [5.74, 6) is 0.968. The fourth-order valence-corrected chi connectivity index (χ4v) is 4.81. The number of rotatable bonds is 5. The van der Waals surface area contributed by atoms with Gasteiger partial charge in [0.05, 0.1) is 5.69 Å². The Kier molecular flexibility index (Phi) is 8.30. The van der Waals surface area contributed by atoms with Crippen LogP contribution >= 0.6 is 24.8 Å². The van der Waals surface area contributed by atoms with Crippen molar-refractivity contribution in [2.45, 2.75) is 31.9 Å². The van der Waals surface area contributed by atoms with Gasteiger partial charge in [-0.2, -0.15) is 0 Å². The molecule has 4 nitrogen and oxygen atoms in total. The molecule has 2 aliphatic heterocycles. The van der Waals surface area contributed by atoms with E-state index < -0.39 is 0 Å². The number of nitrogens with zero attached hydrogens (tertiary/aromatic N) is 2. The van der Waals surface area contributed by atoms with Crippen LogP contribution in [0.25, 0.3) is 0 Å². The van der Waals surface area contributed by atoms with Crippen LogP contribution in [0.1, 0.15) is 24.0 Å². The Morgan fingerprint density at radius 1 is 0.875 bits per heavy atom. The van der Waals surface area contributed by atoms with Crippen molar-refractivity contribution in [2.75, 3.05) is 30.3 Å². The van der Waals surface area contributed by atoms with Gasteiger partial charge in [0.1, 0.15) is 12.4 Å². The molecule has 1 fully saturated rings. The Bertz CT molecular complexity index is 982. The monoisotopic (exact) mass is 471 g/mol. The summed E-state index contributed by atoms with van der Waals surface area (Å²) in [6.45, 7) is 3.80. The van der Waals surface area contributed by atoms with Crippen LogP contribution in [-0.4, -0.2) is 30.6 Å². The summed E-state index contributed by atoms with van der Waals surface area (Å²) in [6.07, 6.45) is 3.48. The predicted octanol–water partition coefficient (Wildman–Crippen LogP) is 5.85. The van der Waals surface area contributed by atoms with Gasteiger partial charge in [0.25, 0.3) is 0 Å². The van der Waals surface area contributed by atoms with E-state index >= 15 is 0 Å². The van der Waals surface area contributed by atoms with Crippen LogP contribution in [0.15, 0.2) is 72.8 Å². The van der Waals surface area contributed by atoms with Gasteiger partial charge in [-0.3, -0.25) is 4.90 Å². The van der Waals surface area contributed by atoms with Crippen LogP contribution in [0.3, 0.4) is 0 Å². The van der Waals surface area contributed by atoms with Gasteiger partial charge in [-0.25, -0.2) is 0 Å². The van der Waals surface area contributed by atoms with Crippen LogP contribution < -0.4 is 15.4 Å². The minimum absolute atomic E-state index is 0. The summed E-state index contributed by atoms with van der Waals surface area (Å²) in [5.41, 5.74) is 12.0. The Morgan fingerprint density at radius 3 is 2.44 bits per heavy atom. The highest BCUT2D eigenvalue weighted by molar-refractivity contribution is 5.85. The third-order valence-electron chi connectivity index (χ3n) is 6.44. The number of hydrogen-bond donors (Lipinski definition) is 1. The zero-order valence-corrected chi connectivity index (χ0v) is 19.8. The molecule has 0 spiro atoms. The zero-order chi connectivity index (χ0) is 20.3. The van der Waals surface area contributed by atoms with Crippen molar-refractivity contribution in [3.8, 4) is 5.75 Å². The molecule has 2 aliphatic rings. The maximum atomic E-state index is 6.17. The first-order valence-electron chi connectivity index (χ1n) is 10.9. The summed E-state index contributed by atoms with van der Waals surface area (Å²) in [6, 6.07) is 25.8. The lowest BCUT2D eigenvalue weighted by molar-refractivity contribution is 0.261. The molecular formula is C26H31Cl2N3O. The molecule has 170 valence electrons. The lowest BCUT2D eigenvalue weighted by Crippen LogP contribution is -2.39. The van der Waals surface area contributed by atoms with Gasteiger partial charge >= 0.3 is 0 Å². The van der Waals surface area contributed by atoms with Gasteiger partial charge in [-0.15, -0.1) is 24.8 Å². The minimum Gasteiger partial charge on any atom is -0.487 e. The molecule has 6 heteroatoms. The van der Waals surface area contributed by atoms with Crippen LogP contribution in [0.5, 0.6) is 5.75 Å². The van der Waals surface area contributed by atoms with E-state index in [4.69, 9.17) is 10.5 Å². The molecule has 0 aliphatic carbocycles. The number of hydrogen-bond acceptors (Lipinski definition) is 4. The third kappa shape index (κ3) is 4.98. The van der Waals surface area contributed by atoms with E-state index in [0.29, 0.717) is 12.6 Å². The van der Waals surface area contributed by atoms with Crippen LogP contribution in [0.2, 0.25) is 0 Å². The molecule has 0 radical (unpaired) electrons. The number of ether oxygens (including phenoxy) is 1. The molecule has 3 aromatic rings. The Labute approximate surface area is 203 Å². The van der Waals surface area contributed by atoms with E-state index in [1.54, 1.807) is 0 Å². The average molecular weight is 472 g/mol. The first-order chi connectivity index (χ1) is 14.8. The van der Waals surface area contributed by atoms with Crippen molar-refractivity contribution in [1.82, 2.24) is 4.90 Å². The molecule has 0 saturated carbocycles. The number of halogens is 2. The molecule has 1 atom stereocenters. The number of benzene rings is 3. The largest absolute Gasteiger partial charge is 0.487 e. The number of fused-ring (bicyclic) bond motifs is 2. The topological polar surface area (TPSA) is 41.7 Å². The molecular weight excluding hydrogens is 441 g/mol. The number of nitrogen functional groups attached to an aromatic ring is 1. The quantitative estimate of drug-likeness (QED) is 0.473. The molecule has 1 saturated heterocycles. The maximum Gasteiger partial charge on any atom is 0.143 e. The van der Waals surface area contributed by atoms with Crippen LogP contribution in [-0.2, 0) is 13.0 Å². The lowest BCUT2D eigenvalue weighted by atomic mass is 10.1. The van der Waals surface area contributed by atoms with Crippen LogP contribution in [0.4, 0.5) is 17.1 Å². The van der Waals surface area contributed by atoms with Crippen molar-refractivity contribution in [2.24, 2.45) is 0 Å². The Hall–Kier alpha value is -2.40. The molecule has 2 heterocycles. The van der Waals surface area contributed by atoms with Crippen molar-refractivity contribution >= 4 is 41.9 Å². The van der Waals surface area contributed by atoms with Crippen molar-refractivity contribution < 1.29 is 4.74 Å². The number of nitrogens with two attached hydrogens (primary N) is 1. The number of para-hydroxylation sites is 4. The van der Waals surface area contributed by atoms with Gasteiger partial charge in [-0.05, 0) is 55.6 Å². The molecule has 2 N–H and O–H groups in total. The SMILES string of the molecule is Cl.Cl.Nc1ccccc1CCN1CCC[C@@H]1CN1c2ccccc2COc2ccccc21. The first kappa shape index (κ1) is 24.2. The summed E-state index contributed by atoms with van der Waals surface area (Å²) < 4.78 is 6.15. The smallest absolute Gasteiger partial charge is 0.143 e. The Morgan fingerprint density at radius 2 is 1.59 bits per heavy atom. The van der Waals surface area contributed by atoms with Crippen molar-refractivity contribution in [1.29, 1.82) is 0 Å². The zero-order valence-electron chi connectivity index (χ0n) is 18.2. The van der Waals surface area contributed by atoms with Gasteiger partial charge in [0, 0.05) is 36.1 Å². The summed E-state index contributed by atoms with van der Waals surface area (Å²) in [7, 11) is 0. The van der Waals surface area contributed by atoms with E-state index in [1.807, 2.05) is 12.1 Å². The summed E-state index contributed by atoms with van der Waals surface area (Å²) >= 11 is 0. The van der Waals surface area contributed by atoms with Gasteiger partial charge < -0.3 is 15.4 Å². The van der Waals surface area contributed by atoms with E-state index in [9.17, 15) is 0 Å². The minimum atomic E-state index is 0. The highest BCUT2D eigenvalue weighted by Crippen LogP contribution is 2.40. The summed E-state index contributed by atoms with van der Waals surface area (Å²) in [5, 5.41) is 0. The first-order valence-corrected chi connectivity index (χ1v) is 10.9. The highest BCUT2D eigenvalue weighted by Gasteiger charge is 2.29. The summed E-state index contributed by atoms with van der Waals surface area (Å²) in [4.78, 5) is 5.11. The number of likely N-dealkylation sites (tertiary alicyclic amines) is 1. The maximum absolute atomic E-state index is 6.17. The predicted molar refractivity (Wildman–Crippen MR) is 138 cm³/mol. The molecule has 32 heavy (non-hydrogen) atoms. The standard InChI is InChI=1S/C26H29N3O.2ClH/c27-23-11-3-1-8-20(23)15-17-28-16-7-10-22(28)18-29-24-12-4-2-9-21(24)19-30-26-14-6-5-13-25(26)29;;/h1-6,8-9,11-14,22H,7,10,15-19,27H2;2*1H/t22-;;/m1../s1. The molecule has 0 amide bonds. The van der Waals surface area contributed by atoms with Crippen molar-refractivity contribution in [3.63, 3.8) is 0 Å². The lowest BCUT2D eigenvalue weighted by Gasteiger charge is -2.32. The molecule has 0 unspecified atom stereocenters. The normalized spacial score (nSPS) is 17.2. The molecule has 3 aromatic carbocycles. The second kappa shape index (κ2) is 11.0. The average Bonchev–Trinajstić information content (AvgIpc) is 3.16. The van der Waals surface area contributed by atoms with E-state index in [1.165, 1.54) is 35.3 Å². The van der Waals surface area contributed by atoms with E-state index in [2.05, 4.69) is 70.5 Å². The third-order valence-corrected chi connectivity index (χ3v) is 6.44.